The molecule has 0 amide bonds. The minimum absolute atomic E-state index is 0.236. The Hall–Kier alpha value is -2.67. The molecule has 7 heteroatoms. The van der Waals surface area contributed by atoms with Gasteiger partial charge in [0.05, 0.1) is 25.2 Å². The number of likely N-dealkylation sites (tertiary alicyclic amines) is 1. The zero-order valence-corrected chi connectivity index (χ0v) is 15.7. The van der Waals surface area contributed by atoms with Crippen molar-refractivity contribution in [3.63, 3.8) is 0 Å². The summed E-state index contributed by atoms with van der Waals surface area (Å²) in [6.07, 6.45) is 4.63. The van der Waals surface area contributed by atoms with Gasteiger partial charge in [0.1, 0.15) is 11.6 Å². The number of aromatic nitrogens is 4. The molecule has 1 aliphatic rings. The van der Waals surface area contributed by atoms with Gasteiger partial charge in [-0.3, -0.25) is 0 Å². The van der Waals surface area contributed by atoms with Gasteiger partial charge in [0, 0.05) is 0 Å². The normalized spacial score (nSPS) is 16.6. The van der Waals surface area contributed by atoms with Crippen molar-refractivity contribution in [3.8, 4) is 0 Å². The van der Waals surface area contributed by atoms with Crippen molar-refractivity contribution in [1.82, 2.24) is 20.2 Å². The third-order valence-electron chi connectivity index (χ3n) is 5.43. The van der Waals surface area contributed by atoms with Crippen molar-refractivity contribution in [3.05, 3.63) is 77.1 Å². The topological polar surface area (TPSA) is 48.0 Å². The highest BCUT2D eigenvalue weighted by Gasteiger charge is 2.33. The average Bonchev–Trinajstić information content (AvgIpc) is 2.97. The van der Waals surface area contributed by atoms with E-state index in [4.69, 9.17) is 0 Å². The quantitative estimate of drug-likeness (QED) is 0.736. The molecule has 4 rings (SSSR count). The number of nitrogens with one attached hydrogen (secondary N) is 1. The maximum absolute atomic E-state index is 14.8. The number of benzene rings is 2. The summed E-state index contributed by atoms with van der Waals surface area (Å²) >= 11 is 0. The molecule has 1 aliphatic heterocycles. The molecule has 5 nitrogen and oxygen atoms in total. The van der Waals surface area contributed by atoms with E-state index in [1.807, 2.05) is 12.1 Å². The Morgan fingerprint density at radius 3 is 2.36 bits per heavy atom. The van der Waals surface area contributed by atoms with Crippen LogP contribution in [0.1, 0.15) is 48.7 Å². The molecule has 2 heterocycles. The van der Waals surface area contributed by atoms with Crippen LogP contribution in [0.4, 0.5) is 8.78 Å². The van der Waals surface area contributed by atoms with Crippen molar-refractivity contribution < 1.29 is 13.7 Å². The van der Waals surface area contributed by atoms with Crippen molar-refractivity contribution >= 4 is 0 Å². The lowest BCUT2D eigenvalue weighted by Crippen LogP contribution is -3.12. The van der Waals surface area contributed by atoms with Gasteiger partial charge < -0.3 is 4.90 Å². The predicted octanol–water partition coefficient (Wildman–Crippen LogP) is 2.55. The zero-order chi connectivity index (χ0) is 19.3. The molecule has 3 aromatic rings. The van der Waals surface area contributed by atoms with Crippen LogP contribution in [-0.4, -0.2) is 33.3 Å². The number of hydrogen-bond donors (Lipinski definition) is 1. The van der Waals surface area contributed by atoms with Gasteiger partial charge >= 0.3 is 0 Å². The fourth-order valence-corrected chi connectivity index (χ4v) is 4.02. The Morgan fingerprint density at radius 2 is 1.64 bits per heavy atom. The van der Waals surface area contributed by atoms with E-state index in [2.05, 4.69) is 15.5 Å². The molecule has 1 aromatic heterocycles. The molecule has 1 N–H and O–H groups in total. The number of tetrazole rings is 1. The van der Waals surface area contributed by atoms with E-state index in [9.17, 15) is 8.78 Å². The van der Waals surface area contributed by atoms with Crippen molar-refractivity contribution in [2.75, 3.05) is 13.1 Å². The van der Waals surface area contributed by atoms with E-state index in [1.165, 1.54) is 35.9 Å². The number of halogens is 2. The third-order valence-corrected chi connectivity index (χ3v) is 5.43. The molecule has 0 radical (unpaired) electrons. The van der Waals surface area contributed by atoms with E-state index >= 15 is 0 Å². The first kappa shape index (κ1) is 18.7. The second-order valence-corrected chi connectivity index (χ2v) is 7.35. The molecule has 0 saturated carbocycles. The van der Waals surface area contributed by atoms with Crippen LogP contribution in [0.25, 0.3) is 0 Å². The van der Waals surface area contributed by atoms with Gasteiger partial charge in [-0.2, -0.15) is 0 Å². The molecule has 0 bridgehead atoms. The van der Waals surface area contributed by atoms with Crippen molar-refractivity contribution in [2.24, 2.45) is 0 Å². The minimum atomic E-state index is -0.279. The van der Waals surface area contributed by atoms with Gasteiger partial charge in [0.15, 0.2) is 6.04 Å². The van der Waals surface area contributed by atoms with Crippen LogP contribution in [0.3, 0.4) is 0 Å². The van der Waals surface area contributed by atoms with Crippen LogP contribution in [-0.2, 0) is 6.54 Å². The Labute approximate surface area is 163 Å². The summed E-state index contributed by atoms with van der Waals surface area (Å²) in [4.78, 5) is 1.29. The van der Waals surface area contributed by atoms with Gasteiger partial charge in [-0.15, -0.1) is 5.10 Å². The Morgan fingerprint density at radius 1 is 0.929 bits per heavy atom. The highest BCUT2D eigenvalue weighted by molar-refractivity contribution is 5.25. The lowest BCUT2D eigenvalue weighted by atomic mass is 10.0. The van der Waals surface area contributed by atoms with E-state index in [0.29, 0.717) is 17.9 Å². The number of hydrogen-bond acceptors (Lipinski definition) is 3. The molecule has 1 fully saturated rings. The van der Waals surface area contributed by atoms with Gasteiger partial charge in [-0.05, 0) is 65.9 Å². The van der Waals surface area contributed by atoms with Gasteiger partial charge in [0.25, 0.3) is 0 Å². The second kappa shape index (κ2) is 8.56. The Balaban J connectivity index is 1.72. The third kappa shape index (κ3) is 4.09. The first-order valence-electron chi connectivity index (χ1n) is 9.82. The van der Waals surface area contributed by atoms with Crippen LogP contribution in [0, 0.1) is 11.6 Å². The van der Waals surface area contributed by atoms with Crippen molar-refractivity contribution in [2.45, 2.75) is 38.3 Å². The standard InChI is InChI=1S/C21H23F2N5/c22-17-11-9-16(10-12-17)15-28-21(24-25-26-28)20(18-7-3-4-8-19(18)23)27-13-5-1-2-6-14-27/h3-4,7-12,20H,1-2,5-6,13-15H2/p+1/t20-/m1/s1. The molecule has 28 heavy (non-hydrogen) atoms. The summed E-state index contributed by atoms with van der Waals surface area (Å²) < 4.78 is 29.7. The zero-order valence-electron chi connectivity index (χ0n) is 15.7. The fraction of sp³-hybridized carbons (Fsp3) is 0.381. The molecule has 146 valence electrons. The molecule has 0 unspecified atom stereocenters. The van der Waals surface area contributed by atoms with E-state index in [1.54, 1.807) is 22.9 Å². The number of rotatable bonds is 5. The molecule has 1 atom stereocenters. The van der Waals surface area contributed by atoms with E-state index in [0.717, 1.165) is 31.5 Å². The highest BCUT2D eigenvalue weighted by Crippen LogP contribution is 2.21. The van der Waals surface area contributed by atoms with Gasteiger partial charge in [-0.1, -0.05) is 24.3 Å². The van der Waals surface area contributed by atoms with E-state index in [-0.39, 0.29) is 17.7 Å². The van der Waals surface area contributed by atoms with Crippen LogP contribution in [0.2, 0.25) is 0 Å². The Kier molecular flexibility index (Phi) is 5.71. The maximum atomic E-state index is 14.8. The highest BCUT2D eigenvalue weighted by atomic mass is 19.1. The maximum Gasteiger partial charge on any atom is 0.214 e. The smallest absolute Gasteiger partial charge is 0.214 e. The van der Waals surface area contributed by atoms with Crippen LogP contribution < -0.4 is 4.90 Å². The first-order chi connectivity index (χ1) is 13.7. The fourth-order valence-electron chi connectivity index (χ4n) is 4.02. The summed E-state index contributed by atoms with van der Waals surface area (Å²) in [6, 6.07) is 12.9. The summed E-state index contributed by atoms with van der Waals surface area (Å²) in [5.74, 6) is 0.130. The molecule has 0 spiro atoms. The van der Waals surface area contributed by atoms with Crippen molar-refractivity contribution in [1.29, 1.82) is 0 Å². The second-order valence-electron chi connectivity index (χ2n) is 7.35. The average molecular weight is 384 g/mol. The molecular formula is C21H24F2N5+. The summed E-state index contributed by atoms with van der Waals surface area (Å²) in [6.45, 7) is 2.34. The van der Waals surface area contributed by atoms with Gasteiger partial charge in [0.2, 0.25) is 5.82 Å². The van der Waals surface area contributed by atoms with Gasteiger partial charge in [-0.25, -0.2) is 13.5 Å². The van der Waals surface area contributed by atoms with Crippen LogP contribution in [0.15, 0.2) is 48.5 Å². The minimum Gasteiger partial charge on any atom is -0.322 e. The SMILES string of the molecule is Fc1ccc(Cn2nnnc2[C@@H](c2ccccc2F)[NH+]2CCCCCC2)cc1. The first-order valence-corrected chi connectivity index (χ1v) is 9.82. The summed E-state index contributed by atoms with van der Waals surface area (Å²) in [5, 5.41) is 12.3. The number of nitrogens with zero attached hydrogens (tertiary/aromatic N) is 4. The molecule has 1 saturated heterocycles. The monoisotopic (exact) mass is 384 g/mol. The van der Waals surface area contributed by atoms with Crippen LogP contribution >= 0.6 is 0 Å². The molecule has 0 aliphatic carbocycles. The number of quaternary nitrogens is 1. The molecular weight excluding hydrogens is 360 g/mol. The lowest BCUT2D eigenvalue weighted by Gasteiger charge is -2.27. The summed E-state index contributed by atoms with van der Waals surface area (Å²) in [7, 11) is 0. The molecule has 2 aromatic carbocycles. The van der Waals surface area contributed by atoms with Crippen LogP contribution in [0.5, 0.6) is 0 Å². The predicted molar refractivity (Wildman–Crippen MR) is 101 cm³/mol. The Bertz CT molecular complexity index is 901. The lowest BCUT2D eigenvalue weighted by molar-refractivity contribution is -0.925. The summed E-state index contributed by atoms with van der Waals surface area (Å²) in [5.41, 5.74) is 1.52. The van der Waals surface area contributed by atoms with E-state index < -0.39 is 0 Å². The largest absolute Gasteiger partial charge is 0.322 e.